The molecule has 1 N–H and O–H groups in total. The minimum Gasteiger partial charge on any atom is -0.497 e. The number of aliphatic imine (C=N–C) groups is 1. The monoisotopic (exact) mass is 486 g/mol. The standard InChI is InChI=1S/C19H26N4OS.HI/c1-15-4-9-18(25-15)14-21-19(20-2)23-12-10-22(11-13-23)16-5-7-17(24-3)8-6-16;/h4-9H,10-14H2,1-3H3,(H,20,21);1H. The topological polar surface area (TPSA) is 40.1 Å². The van der Waals surface area contributed by atoms with Gasteiger partial charge in [0.15, 0.2) is 5.96 Å². The Labute approximate surface area is 177 Å². The van der Waals surface area contributed by atoms with Gasteiger partial charge in [-0.3, -0.25) is 4.99 Å². The van der Waals surface area contributed by atoms with E-state index in [1.807, 2.05) is 30.5 Å². The fourth-order valence-electron chi connectivity index (χ4n) is 3.05. The average Bonchev–Trinajstić information content (AvgIpc) is 3.08. The first-order chi connectivity index (χ1) is 12.2. The van der Waals surface area contributed by atoms with E-state index in [1.54, 1.807) is 7.11 Å². The lowest BCUT2D eigenvalue weighted by Gasteiger charge is -2.37. The number of benzene rings is 1. The maximum Gasteiger partial charge on any atom is 0.194 e. The van der Waals surface area contributed by atoms with Crippen LogP contribution in [-0.2, 0) is 6.54 Å². The first kappa shape index (κ1) is 20.8. The number of hydrogen-bond donors (Lipinski definition) is 1. The normalized spacial score (nSPS) is 14.8. The summed E-state index contributed by atoms with van der Waals surface area (Å²) in [6.07, 6.45) is 0. The number of ether oxygens (including phenoxy) is 1. The molecule has 2 heterocycles. The summed E-state index contributed by atoms with van der Waals surface area (Å²) in [6, 6.07) is 12.6. The van der Waals surface area contributed by atoms with E-state index in [2.05, 4.69) is 51.3 Å². The third-order valence-corrected chi connectivity index (χ3v) is 5.45. The quantitative estimate of drug-likeness (QED) is 0.408. The van der Waals surface area contributed by atoms with E-state index in [0.29, 0.717) is 0 Å². The van der Waals surface area contributed by atoms with Crippen LogP contribution in [0.5, 0.6) is 5.75 Å². The van der Waals surface area contributed by atoms with Crippen molar-refractivity contribution in [2.75, 3.05) is 45.2 Å². The van der Waals surface area contributed by atoms with Gasteiger partial charge in [0.05, 0.1) is 13.7 Å². The van der Waals surface area contributed by atoms with Crippen LogP contribution in [-0.4, -0.2) is 51.2 Å². The van der Waals surface area contributed by atoms with Crippen LogP contribution in [0.25, 0.3) is 0 Å². The molecule has 0 aliphatic carbocycles. The highest BCUT2D eigenvalue weighted by Gasteiger charge is 2.19. The molecular formula is C19H27IN4OS. The SMILES string of the molecule is CN=C(NCc1ccc(C)s1)N1CCN(c2ccc(OC)cc2)CC1.I. The minimum atomic E-state index is 0. The summed E-state index contributed by atoms with van der Waals surface area (Å²) >= 11 is 1.83. The number of methoxy groups -OCH3 is 1. The summed E-state index contributed by atoms with van der Waals surface area (Å²) in [5.41, 5.74) is 1.25. The number of guanidine groups is 1. The molecule has 1 aliphatic heterocycles. The van der Waals surface area contributed by atoms with Gasteiger partial charge < -0.3 is 19.9 Å². The molecule has 0 bridgehead atoms. The predicted molar refractivity (Wildman–Crippen MR) is 121 cm³/mol. The van der Waals surface area contributed by atoms with Crippen molar-refractivity contribution < 1.29 is 4.74 Å². The summed E-state index contributed by atoms with van der Waals surface area (Å²) in [4.78, 5) is 11.9. The van der Waals surface area contributed by atoms with Gasteiger partial charge in [-0.2, -0.15) is 0 Å². The van der Waals surface area contributed by atoms with Crippen molar-refractivity contribution in [2.45, 2.75) is 13.5 Å². The largest absolute Gasteiger partial charge is 0.497 e. The second kappa shape index (κ2) is 10.0. The number of aryl methyl sites for hydroxylation is 1. The lowest BCUT2D eigenvalue weighted by atomic mass is 10.2. The van der Waals surface area contributed by atoms with Gasteiger partial charge in [-0.05, 0) is 43.3 Å². The highest BCUT2D eigenvalue weighted by molar-refractivity contribution is 14.0. The number of thiophene rings is 1. The molecule has 0 atom stereocenters. The second-order valence-corrected chi connectivity index (χ2v) is 7.46. The average molecular weight is 486 g/mol. The Morgan fingerprint density at radius 1 is 1.12 bits per heavy atom. The van der Waals surface area contributed by atoms with Crippen LogP contribution >= 0.6 is 35.3 Å². The van der Waals surface area contributed by atoms with Crippen LogP contribution in [0.2, 0.25) is 0 Å². The Hall–Kier alpha value is -1.48. The summed E-state index contributed by atoms with van der Waals surface area (Å²) in [5, 5.41) is 3.49. The van der Waals surface area contributed by atoms with Gasteiger partial charge in [-0.15, -0.1) is 35.3 Å². The van der Waals surface area contributed by atoms with Crippen molar-refractivity contribution in [2.24, 2.45) is 4.99 Å². The first-order valence-electron chi connectivity index (χ1n) is 8.59. The molecule has 5 nitrogen and oxygen atoms in total. The zero-order valence-corrected chi connectivity index (χ0v) is 18.7. The van der Waals surface area contributed by atoms with Crippen molar-refractivity contribution >= 4 is 47.0 Å². The molecule has 1 aromatic heterocycles. The van der Waals surface area contributed by atoms with E-state index < -0.39 is 0 Å². The molecule has 26 heavy (non-hydrogen) atoms. The molecule has 1 saturated heterocycles. The van der Waals surface area contributed by atoms with Gasteiger partial charge in [-0.1, -0.05) is 0 Å². The Bertz CT molecular complexity index is 709. The van der Waals surface area contributed by atoms with E-state index in [0.717, 1.165) is 44.4 Å². The highest BCUT2D eigenvalue weighted by Crippen LogP contribution is 2.20. The van der Waals surface area contributed by atoms with Gasteiger partial charge in [0.1, 0.15) is 5.75 Å². The third-order valence-electron chi connectivity index (χ3n) is 4.45. The van der Waals surface area contributed by atoms with Gasteiger partial charge in [0, 0.05) is 48.7 Å². The van der Waals surface area contributed by atoms with Crippen LogP contribution in [0.4, 0.5) is 5.69 Å². The zero-order valence-electron chi connectivity index (χ0n) is 15.6. The number of rotatable bonds is 4. The van der Waals surface area contributed by atoms with Crippen molar-refractivity contribution in [1.82, 2.24) is 10.2 Å². The number of nitrogens with zero attached hydrogens (tertiary/aromatic N) is 3. The summed E-state index contributed by atoms with van der Waals surface area (Å²) in [7, 11) is 3.56. The number of anilines is 1. The summed E-state index contributed by atoms with van der Waals surface area (Å²) in [5.74, 6) is 1.89. The fourth-order valence-corrected chi connectivity index (χ4v) is 3.88. The van der Waals surface area contributed by atoms with Crippen LogP contribution in [0.15, 0.2) is 41.4 Å². The van der Waals surface area contributed by atoms with E-state index in [1.165, 1.54) is 15.4 Å². The second-order valence-electron chi connectivity index (χ2n) is 6.09. The molecule has 1 fully saturated rings. The van der Waals surface area contributed by atoms with Crippen LogP contribution < -0.4 is 15.0 Å². The number of nitrogens with one attached hydrogen (secondary N) is 1. The molecule has 0 radical (unpaired) electrons. The van der Waals surface area contributed by atoms with Crippen LogP contribution in [0, 0.1) is 6.92 Å². The molecule has 1 aliphatic rings. The lowest BCUT2D eigenvalue weighted by molar-refractivity contribution is 0.372. The van der Waals surface area contributed by atoms with Gasteiger partial charge in [-0.25, -0.2) is 0 Å². The fraction of sp³-hybridized carbons (Fsp3) is 0.421. The first-order valence-corrected chi connectivity index (χ1v) is 9.41. The summed E-state index contributed by atoms with van der Waals surface area (Å²) in [6.45, 7) is 6.89. The molecule has 0 amide bonds. The summed E-state index contributed by atoms with van der Waals surface area (Å²) < 4.78 is 5.23. The molecule has 7 heteroatoms. The molecule has 142 valence electrons. The van der Waals surface area contributed by atoms with Crippen molar-refractivity contribution in [3.63, 3.8) is 0 Å². The molecule has 2 aromatic rings. The van der Waals surface area contributed by atoms with E-state index in [4.69, 9.17) is 4.74 Å². The maximum absolute atomic E-state index is 5.23. The van der Waals surface area contributed by atoms with Gasteiger partial charge >= 0.3 is 0 Å². The molecule has 1 aromatic carbocycles. The van der Waals surface area contributed by atoms with Crippen molar-refractivity contribution in [3.8, 4) is 5.75 Å². The molecule has 3 rings (SSSR count). The van der Waals surface area contributed by atoms with Crippen molar-refractivity contribution in [1.29, 1.82) is 0 Å². The Morgan fingerprint density at radius 2 is 1.81 bits per heavy atom. The van der Waals surface area contributed by atoms with E-state index >= 15 is 0 Å². The van der Waals surface area contributed by atoms with Gasteiger partial charge in [0.2, 0.25) is 0 Å². The number of piperazine rings is 1. The zero-order chi connectivity index (χ0) is 17.6. The molecular weight excluding hydrogens is 459 g/mol. The number of halogens is 1. The number of hydrogen-bond acceptors (Lipinski definition) is 4. The third kappa shape index (κ3) is 5.26. The van der Waals surface area contributed by atoms with E-state index in [-0.39, 0.29) is 24.0 Å². The Morgan fingerprint density at radius 3 is 2.35 bits per heavy atom. The van der Waals surface area contributed by atoms with Crippen molar-refractivity contribution in [3.05, 3.63) is 46.2 Å². The Balaban J connectivity index is 0.00000243. The lowest BCUT2D eigenvalue weighted by Crippen LogP contribution is -2.52. The maximum atomic E-state index is 5.23. The van der Waals surface area contributed by atoms with E-state index in [9.17, 15) is 0 Å². The van der Waals surface area contributed by atoms with Crippen LogP contribution in [0.1, 0.15) is 9.75 Å². The molecule has 0 spiro atoms. The van der Waals surface area contributed by atoms with Crippen LogP contribution in [0.3, 0.4) is 0 Å². The minimum absolute atomic E-state index is 0. The smallest absolute Gasteiger partial charge is 0.194 e. The van der Waals surface area contributed by atoms with Gasteiger partial charge in [0.25, 0.3) is 0 Å². The molecule has 0 saturated carbocycles. The Kier molecular flexibility index (Phi) is 8.02. The predicted octanol–water partition coefficient (Wildman–Crippen LogP) is 3.58. The molecule has 0 unspecified atom stereocenters. The highest BCUT2D eigenvalue weighted by atomic mass is 127.